The van der Waals surface area contributed by atoms with E-state index in [1.807, 2.05) is 17.0 Å². The Kier molecular flexibility index (Phi) is 4.96. The van der Waals surface area contributed by atoms with Crippen LogP contribution in [0.2, 0.25) is 0 Å². The van der Waals surface area contributed by atoms with Gasteiger partial charge in [-0.25, -0.2) is 0 Å². The third-order valence-corrected chi connectivity index (χ3v) is 4.34. The zero-order valence-electron chi connectivity index (χ0n) is 14.8. The average molecular weight is 333 g/mol. The molecule has 2 aliphatic heterocycles. The van der Waals surface area contributed by atoms with E-state index in [9.17, 15) is 4.79 Å². The molecular weight excluding hydrogens is 306 g/mol. The Morgan fingerprint density at radius 1 is 1.12 bits per heavy atom. The molecule has 1 aromatic carbocycles. The number of hydrogen-bond donors (Lipinski definition) is 1. The van der Waals surface area contributed by atoms with E-state index < -0.39 is 0 Å². The molecule has 0 aliphatic carbocycles. The van der Waals surface area contributed by atoms with Gasteiger partial charge in [0.25, 0.3) is 0 Å². The molecule has 1 aromatic rings. The lowest BCUT2D eigenvalue weighted by Gasteiger charge is -2.35. The molecule has 1 amide bonds. The molecule has 0 aromatic heterocycles. The van der Waals surface area contributed by atoms with E-state index in [2.05, 4.69) is 37.1 Å². The summed E-state index contributed by atoms with van der Waals surface area (Å²) in [6.07, 6.45) is 0. The first-order chi connectivity index (χ1) is 11.4. The van der Waals surface area contributed by atoms with Crippen molar-refractivity contribution < 1.29 is 14.3 Å². The fraction of sp³-hybridized carbons (Fsp3) is 0.611. The first-order valence-electron chi connectivity index (χ1n) is 8.54. The van der Waals surface area contributed by atoms with Crippen molar-refractivity contribution in [2.45, 2.75) is 32.9 Å². The molecule has 24 heavy (non-hydrogen) atoms. The van der Waals surface area contributed by atoms with Crippen LogP contribution in [0, 0.1) is 0 Å². The number of ether oxygens (including phenoxy) is 2. The van der Waals surface area contributed by atoms with E-state index in [4.69, 9.17) is 9.47 Å². The predicted molar refractivity (Wildman–Crippen MR) is 92.2 cm³/mol. The van der Waals surface area contributed by atoms with Crippen LogP contribution in [0.5, 0.6) is 11.5 Å². The first-order valence-corrected chi connectivity index (χ1v) is 8.54. The van der Waals surface area contributed by atoms with Gasteiger partial charge in [-0.15, -0.1) is 0 Å². The van der Waals surface area contributed by atoms with Gasteiger partial charge in [0.05, 0.1) is 6.54 Å². The molecule has 2 aliphatic rings. The highest BCUT2D eigenvalue weighted by Crippen LogP contribution is 2.32. The number of nitrogens with one attached hydrogen (secondary N) is 1. The fourth-order valence-corrected chi connectivity index (χ4v) is 2.91. The molecule has 0 bridgehead atoms. The maximum atomic E-state index is 12.3. The number of hydrogen-bond acceptors (Lipinski definition) is 5. The Morgan fingerprint density at radius 3 is 2.54 bits per heavy atom. The van der Waals surface area contributed by atoms with Gasteiger partial charge in [0.1, 0.15) is 0 Å². The SMILES string of the molecule is CC(C)(C)NCC(=O)N1CCN(Cc2ccc3c(c2)OCO3)CC1. The van der Waals surface area contributed by atoms with Crippen LogP contribution in [0.15, 0.2) is 18.2 Å². The maximum absolute atomic E-state index is 12.3. The summed E-state index contributed by atoms with van der Waals surface area (Å²) >= 11 is 0. The number of fused-ring (bicyclic) bond motifs is 1. The predicted octanol–water partition coefficient (Wildman–Crippen LogP) is 1.45. The van der Waals surface area contributed by atoms with Crippen LogP contribution in [-0.4, -0.2) is 60.8 Å². The summed E-state index contributed by atoms with van der Waals surface area (Å²) in [6, 6.07) is 6.10. The van der Waals surface area contributed by atoms with Crippen molar-refractivity contribution in [1.29, 1.82) is 0 Å². The first kappa shape index (κ1) is 17.0. The van der Waals surface area contributed by atoms with Crippen molar-refractivity contribution in [3.63, 3.8) is 0 Å². The molecule has 0 atom stereocenters. The van der Waals surface area contributed by atoms with Gasteiger partial charge in [0, 0.05) is 38.3 Å². The van der Waals surface area contributed by atoms with Crippen LogP contribution in [0.25, 0.3) is 0 Å². The molecule has 1 N–H and O–H groups in total. The Balaban J connectivity index is 1.46. The summed E-state index contributed by atoms with van der Waals surface area (Å²) in [6.45, 7) is 11.2. The number of amides is 1. The van der Waals surface area contributed by atoms with Gasteiger partial charge in [0.2, 0.25) is 12.7 Å². The van der Waals surface area contributed by atoms with Gasteiger partial charge < -0.3 is 19.7 Å². The summed E-state index contributed by atoms with van der Waals surface area (Å²) < 4.78 is 10.8. The lowest BCUT2D eigenvalue weighted by molar-refractivity contribution is -0.132. The van der Waals surface area contributed by atoms with Crippen molar-refractivity contribution >= 4 is 5.91 Å². The molecule has 2 heterocycles. The van der Waals surface area contributed by atoms with Crippen LogP contribution in [0.4, 0.5) is 0 Å². The van der Waals surface area contributed by atoms with E-state index in [0.29, 0.717) is 13.3 Å². The Labute approximate surface area is 143 Å². The van der Waals surface area contributed by atoms with E-state index in [-0.39, 0.29) is 11.4 Å². The summed E-state index contributed by atoms with van der Waals surface area (Å²) in [5, 5.41) is 3.26. The van der Waals surface area contributed by atoms with Crippen molar-refractivity contribution in [1.82, 2.24) is 15.1 Å². The third-order valence-electron chi connectivity index (χ3n) is 4.34. The largest absolute Gasteiger partial charge is 0.454 e. The van der Waals surface area contributed by atoms with Crippen molar-refractivity contribution in [2.75, 3.05) is 39.5 Å². The summed E-state index contributed by atoms with van der Waals surface area (Å²) in [7, 11) is 0. The highest BCUT2D eigenvalue weighted by Gasteiger charge is 2.22. The van der Waals surface area contributed by atoms with Gasteiger partial charge in [-0.05, 0) is 38.5 Å². The van der Waals surface area contributed by atoms with Gasteiger partial charge in [-0.1, -0.05) is 6.07 Å². The Morgan fingerprint density at radius 2 is 1.83 bits per heavy atom. The molecule has 0 unspecified atom stereocenters. The highest BCUT2D eigenvalue weighted by molar-refractivity contribution is 5.78. The maximum Gasteiger partial charge on any atom is 0.236 e. The third kappa shape index (κ3) is 4.39. The van der Waals surface area contributed by atoms with E-state index in [0.717, 1.165) is 44.2 Å². The topological polar surface area (TPSA) is 54.0 Å². The number of carbonyl (C=O) groups excluding carboxylic acids is 1. The summed E-state index contributed by atoms with van der Waals surface area (Å²) in [5.74, 6) is 1.84. The van der Waals surface area contributed by atoms with Gasteiger partial charge in [-0.2, -0.15) is 0 Å². The summed E-state index contributed by atoms with van der Waals surface area (Å²) in [5.41, 5.74) is 1.19. The van der Waals surface area contributed by atoms with Crippen LogP contribution in [-0.2, 0) is 11.3 Å². The van der Waals surface area contributed by atoms with Gasteiger partial charge in [0.15, 0.2) is 11.5 Å². The molecule has 132 valence electrons. The fourth-order valence-electron chi connectivity index (χ4n) is 2.91. The van der Waals surface area contributed by atoms with Gasteiger partial charge >= 0.3 is 0 Å². The Bertz CT molecular complexity index is 590. The molecule has 0 saturated carbocycles. The quantitative estimate of drug-likeness (QED) is 0.904. The number of rotatable bonds is 4. The summed E-state index contributed by atoms with van der Waals surface area (Å²) in [4.78, 5) is 16.6. The smallest absolute Gasteiger partial charge is 0.236 e. The Hall–Kier alpha value is -1.79. The molecule has 1 fully saturated rings. The number of carbonyl (C=O) groups is 1. The zero-order chi connectivity index (χ0) is 17.2. The normalized spacial score (nSPS) is 18.0. The van der Waals surface area contributed by atoms with Crippen LogP contribution < -0.4 is 14.8 Å². The molecule has 3 rings (SSSR count). The molecule has 6 heteroatoms. The van der Waals surface area contributed by atoms with Crippen LogP contribution in [0.3, 0.4) is 0 Å². The molecular formula is C18H27N3O3. The standard InChI is InChI=1S/C18H27N3O3/c1-18(2,3)19-11-17(22)21-8-6-20(7-9-21)12-14-4-5-15-16(10-14)24-13-23-15/h4-5,10,19H,6-9,11-13H2,1-3H3. The minimum Gasteiger partial charge on any atom is -0.454 e. The van der Waals surface area contributed by atoms with Crippen molar-refractivity contribution in [3.05, 3.63) is 23.8 Å². The lowest BCUT2D eigenvalue weighted by Crippen LogP contribution is -2.52. The number of piperazine rings is 1. The molecule has 0 radical (unpaired) electrons. The molecule has 0 spiro atoms. The zero-order valence-corrected chi connectivity index (χ0v) is 14.8. The second-order valence-corrected chi connectivity index (χ2v) is 7.45. The van der Waals surface area contributed by atoms with Crippen LogP contribution in [0.1, 0.15) is 26.3 Å². The highest BCUT2D eigenvalue weighted by atomic mass is 16.7. The van der Waals surface area contributed by atoms with Crippen LogP contribution >= 0.6 is 0 Å². The number of nitrogens with zero attached hydrogens (tertiary/aromatic N) is 2. The monoisotopic (exact) mass is 333 g/mol. The van der Waals surface area contributed by atoms with Crippen molar-refractivity contribution in [2.24, 2.45) is 0 Å². The minimum absolute atomic E-state index is 0.0309. The van der Waals surface area contributed by atoms with E-state index >= 15 is 0 Å². The van der Waals surface area contributed by atoms with Crippen molar-refractivity contribution in [3.8, 4) is 11.5 Å². The van der Waals surface area contributed by atoms with E-state index in [1.54, 1.807) is 0 Å². The average Bonchev–Trinajstić information content (AvgIpc) is 3.00. The second kappa shape index (κ2) is 6.99. The second-order valence-electron chi connectivity index (χ2n) is 7.45. The van der Waals surface area contributed by atoms with Gasteiger partial charge in [-0.3, -0.25) is 9.69 Å². The lowest BCUT2D eigenvalue weighted by atomic mass is 10.1. The molecule has 1 saturated heterocycles. The minimum atomic E-state index is -0.0309. The molecule has 6 nitrogen and oxygen atoms in total. The van der Waals surface area contributed by atoms with E-state index in [1.165, 1.54) is 5.56 Å². The number of benzene rings is 1.